The van der Waals surface area contributed by atoms with Gasteiger partial charge < -0.3 is 10.1 Å². The highest BCUT2D eigenvalue weighted by atomic mass is 16.5. The van der Waals surface area contributed by atoms with Gasteiger partial charge in [0.1, 0.15) is 0 Å². The molecular weight excluding hydrogens is 306 g/mol. The molecule has 0 spiro atoms. The van der Waals surface area contributed by atoms with E-state index in [1.54, 1.807) is 48.5 Å². The number of esters is 1. The lowest BCUT2D eigenvalue weighted by Crippen LogP contribution is -2.15. The molecule has 0 aromatic heterocycles. The third kappa shape index (κ3) is 4.07. The number of rotatable bonds is 6. The summed E-state index contributed by atoms with van der Waals surface area (Å²) in [7, 11) is 0. The number of amides is 1. The number of ketones is 1. The molecule has 0 unspecified atom stereocenters. The number of anilines is 1. The second-order valence-electron chi connectivity index (χ2n) is 5.71. The normalized spacial score (nSPS) is 13.2. The van der Waals surface area contributed by atoms with Crippen molar-refractivity contribution in [1.82, 2.24) is 0 Å². The summed E-state index contributed by atoms with van der Waals surface area (Å²) in [6.45, 7) is -0.303. The van der Waals surface area contributed by atoms with Gasteiger partial charge in [0.05, 0.1) is 5.56 Å². The Morgan fingerprint density at radius 1 is 0.917 bits per heavy atom. The van der Waals surface area contributed by atoms with Crippen LogP contribution in [0.25, 0.3) is 0 Å². The topological polar surface area (TPSA) is 72.5 Å². The molecule has 3 rings (SSSR count). The van der Waals surface area contributed by atoms with Crippen LogP contribution in [0.2, 0.25) is 0 Å². The van der Waals surface area contributed by atoms with Crippen molar-refractivity contribution in [3.63, 3.8) is 0 Å². The van der Waals surface area contributed by atoms with E-state index in [1.807, 2.05) is 6.07 Å². The monoisotopic (exact) mass is 323 g/mol. The van der Waals surface area contributed by atoms with Crippen molar-refractivity contribution >= 4 is 23.3 Å². The molecule has 0 aliphatic heterocycles. The van der Waals surface area contributed by atoms with Crippen molar-refractivity contribution in [2.75, 3.05) is 11.9 Å². The van der Waals surface area contributed by atoms with Gasteiger partial charge in [0, 0.05) is 17.2 Å². The minimum atomic E-state index is -0.570. The van der Waals surface area contributed by atoms with Crippen molar-refractivity contribution in [2.45, 2.75) is 12.8 Å². The molecule has 122 valence electrons. The van der Waals surface area contributed by atoms with Crippen LogP contribution in [0.15, 0.2) is 54.6 Å². The third-order valence-electron chi connectivity index (χ3n) is 3.77. The summed E-state index contributed by atoms with van der Waals surface area (Å²) in [5.74, 6) is -0.686. The van der Waals surface area contributed by atoms with Crippen LogP contribution < -0.4 is 5.32 Å². The predicted molar refractivity (Wildman–Crippen MR) is 88.9 cm³/mol. The van der Waals surface area contributed by atoms with E-state index < -0.39 is 5.97 Å². The van der Waals surface area contributed by atoms with Gasteiger partial charge in [-0.2, -0.15) is 0 Å². The molecule has 1 saturated carbocycles. The molecule has 1 aliphatic carbocycles. The molecule has 1 N–H and O–H groups in total. The minimum Gasteiger partial charge on any atom is -0.454 e. The number of hydrogen-bond donors (Lipinski definition) is 1. The first-order valence-electron chi connectivity index (χ1n) is 7.80. The van der Waals surface area contributed by atoms with E-state index in [0.717, 1.165) is 12.8 Å². The van der Waals surface area contributed by atoms with Crippen molar-refractivity contribution in [1.29, 1.82) is 0 Å². The largest absolute Gasteiger partial charge is 0.454 e. The average Bonchev–Trinajstić information content (AvgIpc) is 3.46. The Balaban J connectivity index is 1.53. The fourth-order valence-electron chi connectivity index (χ4n) is 2.20. The molecule has 1 amide bonds. The number of ether oxygens (including phenoxy) is 1. The van der Waals surface area contributed by atoms with E-state index >= 15 is 0 Å². The number of carbonyl (C=O) groups is 3. The Kier molecular flexibility index (Phi) is 4.70. The summed E-state index contributed by atoms with van der Waals surface area (Å²) in [4.78, 5) is 35.5. The highest BCUT2D eigenvalue weighted by Crippen LogP contribution is 2.30. The van der Waals surface area contributed by atoms with Gasteiger partial charge in [0.25, 0.3) is 0 Å². The van der Waals surface area contributed by atoms with Crippen LogP contribution in [0.1, 0.15) is 33.6 Å². The zero-order valence-electron chi connectivity index (χ0n) is 13.0. The van der Waals surface area contributed by atoms with Gasteiger partial charge in [-0.1, -0.05) is 30.3 Å². The van der Waals surface area contributed by atoms with Crippen LogP contribution in [0.3, 0.4) is 0 Å². The second kappa shape index (κ2) is 7.08. The maximum Gasteiger partial charge on any atom is 0.338 e. The van der Waals surface area contributed by atoms with Crippen LogP contribution in [-0.2, 0) is 9.53 Å². The summed E-state index contributed by atoms with van der Waals surface area (Å²) >= 11 is 0. The lowest BCUT2D eigenvalue weighted by atomic mass is 10.1. The van der Waals surface area contributed by atoms with Gasteiger partial charge in [-0.25, -0.2) is 4.79 Å². The van der Waals surface area contributed by atoms with E-state index in [2.05, 4.69) is 5.32 Å². The lowest BCUT2D eigenvalue weighted by Gasteiger charge is -2.07. The van der Waals surface area contributed by atoms with Crippen LogP contribution in [0.4, 0.5) is 5.69 Å². The smallest absolute Gasteiger partial charge is 0.338 e. The molecule has 0 heterocycles. The first kappa shape index (κ1) is 15.9. The van der Waals surface area contributed by atoms with E-state index in [9.17, 15) is 14.4 Å². The molecule has 24 heavy (non-hydrogen) atoms. The molecule has 0 radical (unpaired) electrons. The molecule has 5 nitrogen and oxygen atoms in total. The van der Waals surface area contributed by atoms with E-state index in [-0.39, 0.29) is 24.2 Å². The fourth-order valence-corrected chi connectivity index (χ4v) is 2.20. The standard InChI is InChI=1S/C19H17NO4/c21-17(13-4-2-1-3-5-13)12-24-19(23)15-8-10-16(11-9-15)20-18(22)14-6-7-14/h1-5,8-11,14H,6-7,12H2,(H,20,22). The number of nitrogens with one attached hydrogen (secondary N) is 1. The predicted octanol–water partition coefficient (Wildman–Crippen LogP) is 3.07. The summed E-state index contributed by atoms with van der Waals surface area (Å²) < 4.78 is 5.04. The minimum absolute atomic E-state index is 0.0128. The Morgan fingerprint density at radius 3 is 2.21 bits per heavy atom. The molecule has 2 aromatic carbocycles. The van der Waals surface area contributed by atoms with Crippen LogP contribution in [0.5, 0.6) is 0 Å². The summed E-state index contributed by atoms with van der Waals surface area (Å²) in [5, 5.41) is 2.80. The Hall–Kier alpha value is -2.95. The number of carbonyl (C=O) groups excluding carboxylic acids is 3. The number of hydrogen-bond acceptors (Lipinski definition) is 4. The van der Waals surface area contributed by atoms with Crippen molar-refractivity contribution in [3.05, 3.63) is 65.7 Å². The van der Waals surface area contributed by atoms with E-state index in [0.29, 0.717) is 16.8 Å². The maximum absolute atomic E-state index is 12.0. The van der Waals surface area contributed by atoms with E-state index in [4.69, 9.17) is 4.74 Å². The Labute approximate surface area is 139 Å². The van der Waals surface area contributed by atoms with Gasteiger partial charge >= 0.3 is 5.97 Å². The van der Waals surface area contributed by atoms with Crippen molar-refractivity contribution in [2.24, 2.45) is 5.92 Å². The molecule has 1 aliphatic rings. The maximum atomic E-state index is 12.0. The fraction of sp³-hybridized carbons (Fsp3) is 0.211. The van der Waals surface area contributed by atoms with Crippen molar-refractivity contribution < 1.29 is 19.1 Å². The molecular formula is C19H17NO4. The molecule has 0 atom stereocenters. The van der Waals surface area contributed by atoms with Crippen molar-refractivity contribution in [3.8, 4) is 0 Å². The molecule has 2 aromatic rings. The summed E-state index contributed by atoms with van der Waals surface area (Å²) in [6.07, 6.45) is 1.87. The Bertz CT molecular complexity index is 749. The molecule has 5 heteroatoms. The van der Waals surface area contributed by atoms with Crippen LogP contribution in [-0.4, -0.2) is 24.3 Å². The molecule has 1 fully saturated rings. The van der Waals surface area contributed by atoms with Crippen LogP contribution in [0, 0.1) is 5.92 Å². The van der Waals surface area contributed by atoms with Gasteiger partial charge in [-0.05, 0) is 37.1 Å². The van der Waals surface area contributed by atoms with Gasteiger partial charge in [-0.15, -0.1) is 0 Å². The van der Waals surface area contributed by atoms with Gasteiger partial charge in [0.15, 0.2) is 12.4 Å². The SMILES string of the molecule is O=C(COC(=O)c1ccc(NC(=O)C2CC2)cc1)c1ccccc1. The lowest BCUT2D eigenvalue weighted by molar-refractivity contribution is -0.117. The molecule has 0 saturated heterocycles. The first-order valence-corrected chi connectivity index (χ1v) is 7.80. The highest BCUT2D eigenvalue weighted by Gasteiger charge is 2.29. The van der Waals surface area contributed by atoms with Crippen LogP contribution >= 0.6 is 0 Å². The first-order chi connectivity index (χ1) is 11.6. The zero-order chi connectivity index (χ0) is 16.9. The Morgan fingerprint density at radius 2 is 1.58 bits per heavy atom. The average molecular weight is 323 g/mol. The zero-order valence-corrected chi connectivity index (χ0v) is 13.0. The molecule has 0 bridgehead atoms. The van der Waals surface area contributed by atoms with E-state index in [1.165, 1.54) is 0 Å². The highest BCUT2D eigenvalue weighted by molar-refractivity contribution is 5.99. The summed E-state index contributed by atoms with van der Waals surface area (Å²) in [5.41, 5.74) is 1.48. The summed E-state index contributed by atoms with van der Waals surface area (Å²) in [6, 6.07) is 15.1. The van der Waals surface area contributed by atoms with Gasteiger partial charge in [0.2, 0.25) is 5.91 Å². The van der Waals surface area contributed by atoms with Gasteiger partial charge in [-0.3, -0.25) is 9.59 Å². The number of Topliss-reactive ketones (excluding diaryl/α,β-unsaturated/α-hetero) is 1. The second-order valence-corrected chi connectivity index (χ2v) is 5.71. The third-order valence-corrected chi connectivity index (χ3v) is 3.77. The number of benzene rings is 2. The quantitative estimate of drug-likeness (QED) is 0.655.